The van der Waals surface area contributed by atoms with E-state index in [9.17, 15) is 12.8 Å². The fraction of sp³-hybridized carbons (Fsp3) is 0.462. The minimum absolute atomic E-state index is 0.0768. The molecule has 1 atom stereocenters. The summed E-state index contributed by atoms with van der Waals surface area (Å²) in [5.74, 6) is 0.730. The first-order chi connectivity index (χ1) is 18.8. The third-order valence-corrected chi connectivity index (χ3v) is 12.1. The van der Waals surface area contributed by atoms with Gasteiger partial charge in [0.15, 0.2) is 0 Å². The average molecular weight is 641 g/mol. The van der Waals surface area contributed by atoms with E-state index in [2.05, 4.69) is 9.97 Å². The fourth-order valence-corrected chi connectivity index (χ4v) is 9.25. The Bertz CT molecular complexity index is 1440. The van der Waals surface area contributed by atoms with Gasteiger partial charge in [-0.1, -0.05) is 0 Å². The molecule has 3 aromatic rings. The van der Waals surface area contributed by atoms with Crippen LogP contribution < -0.4 is 18.3 Å². The van der Waals surface area contributed by atoms with Crippen LogP contribution in [0.1, 0.15) is 25.7 Å². The minimum atomic E-state index is -3.52. The van der Waals surface area contributed by atoms with Gasteiger partial charge in [-0.2, -0.15) is 0 Å². The number of fused-ring (bicyclic) bond motifs is 1. The maximum absolute atomic E-state index is 13.6. The van der Waals surface area contributed by atoms with E-state index in [1.54, 1.807) is 26.3 Å². The Kier molecular flexibility index (Phi) is 8.95. The van der Waals surface area contributed by atoms with Crippen molar-refractivity contribution in [2.24, 2.45) is 0 Å². The predicted octanol–water partition coefficient (Wildman–Crippen LogP) is 2.02. The van der Waals surface area contributed by atoms with Crippen LogP contribution in [-0.4, -0.2) is 95.4 Å². The fourth-order valence-electron chi connectivity index (χ4n) is 4.98. The summed E-state index contributed by atoms with van der Waals surface area (Å²) >= 11 is 5.08. The number of benzene rings is 2. The van der Waals surface area contributed by atoms with Crippen LogP contribution in [0.4, 0.5) is 4.39 Å². The third kappa shape index (κ3) is 6.34. The molecule has 0 N–H and O–H groups in total. The topological polar surface area (TPSA) is 94.1 Å². The summed E-state index contributed by atoms with van der Waals surface area (Å²) in [6.07, 6.45) is 4.28. The number of hydrogen-bond donors (Lipinski definition) is 0. The van der Waals surface area contributed by atoms with Crippen LogP contribution in [-0.2, 0) is 14.9 Å². The molecule has 0 spiro atoms. The van der Waals surface area contributed by atoms with E-state index < -0.39 is 31.8 Å². The van der Waals surface area contributed by atoms with Gasteiger partial charge in [0, 0.05) is 13.1 Å². The molecule has 13 heteroatoms. The zero-order valence-corrected chi connectivity index (χ0v) is 25.4. The van der Waals surface area contributed by atoms with E-state index in [1.807, 2.05) is 12.1 Å². The predicted molar refractivity (Wildman–Crippen MR) is 150 cm³/mol. The number of aromatic nitrogens is 2. The molecule has 5 rings (SSSR count). The number of halogens is 2. The van der Waals surface area contributed by atoms with Gasteiger partial charge in [-0.25, -0.2) is 0 Å². The summed E-state index contributed by atoms with van der Waals surface area (Å²) in [5.41, 5.74) is 0.736. The number of hydrogen-bond acceptors (Lipinski definition) is 7. The average Bonchev–Trinajstić information content (AvgIpc) is 2.95. The van der Waals surface area contributed by atoms with Crippen LogP contribution in [0.5, 0.6) is 11.5 Å². The first kappa shape index (κ1) is 28.5. The number of ether oxygens (including phenoxy) is 3. The summed E-state index contributed by atoms with van der Waals surface area (Å²) in [4.78, 5) is 8.94. The van der Waals surface area contributed by atoms with Crippen molar-refractivity contribution in [1.82, 2.24) is 18.6 Å². The number of nitrogens with zero attached hydrogens (tertiary/aromatic N) is 4. The van der Waals surface area contributed by atoms with Gasteiger partial charge in [0.05, 0.1) is 13.2 Å². The van der Waals surface area contributed by atoms with Gasteiger partial charge >= 0.3 is 209 Å². The molecule has 1 unspecified atom stereocenters. The van der Waals surface area contributed by atoms with Gasteiger partial charge in [-0.3, -0.25) is 0 Å². The molecule has 1 aliphatic heterocycles. The Hall–Kier alpha value is -2.01. The van der Waals surface area contributed by atoms with Crippen molar-refractivity contribution < 1.29 is 27.0 Å². The Morgan fingerprint density at radius 2 is 1.85 bits per heavy atom. The molecule has 1 saturated heterocycles. The van der Waals surface area contributed by atoms with Crippen molar-refractivity contribution in [3.05, 3.63) is 47.5 Å². The summed E-state index contributed by atoms with van der Waals surface area (Å²) < 4.78 is 62.0. The monoisotopic (exact) mass is 640 g/mol. The second-order valence-electron chi connectivity index (χ2n) is 9.58. The molecule has 2 fully saturated rings. The van der Waals surface area contributed by atoms with Crippen LogP contribution in [0.2, 0.25) is 5.02 Å². The van der Waals surface area contributed by atoms with E-state index in [4.69, 9.17) is 25.8 Å². The first-order valence-corrected chi connectivity index (χ1v) is 16.7. The summed E-state index contributed by atoms with van der Waals surface area (Å²) in [6.45, 7) is 1.62. The zero-order chi connectivity index (χ0) is 27.6. The molecule has 39 heavy (non-hydrogen) atoms. The molecule has 1 aliphatic carbocycles. The zero-order valence-electron chi connectivity index (χ0n) is 21.8. The van der Waals surface area contributed by atoms with Gasteiger partial charge < -0.3 is 4.74 Å². The molecule has 210 valence electrons. The normalized spacial score (nSPS) is 21.2. The standard InChI is InChI=1S/C26H31AsClFN4O5S/c1-32(39(34,35)33-9-11-37-12-10-33)18-4-6-19(7-5-18)38-25-14-20-23(15-24(25)36-2)30-16-31-26(20)27-17-3-8-22(29)21(28)13-17/h3,8,13-16,18-19,27H,4-7,9-12H2,1-2H3/t18-,19+. The van der Waals surface area contributed by atoms with Crippen LogP contribution in [0.15, 0.2) is 36.7 Å². The Morgan fingerprint density at radius 1 is 1.10 bits per heavy atom. The molecule has 0 bridgehead atoms. The first-order valence-electron chi connectivity index (χ1n) is 12.8. The number of methoxy groups -OCH3 is 1. The van der Waals surface area contributed by atoms with E-state index in [0.717, 1.165) is 32.6 Å². The molecular weight excluding hydrogens is 610 g/mol. The van der Waals surface area contributed by atoms with Gasteiger partial charge in [0.2, 0.25) is 0 Å². The Balaban J connectivity index is 1.30. The molecule has 1 saturated carbocycles. The molecule has 2 aromatic carbocycles. The van der Waals surface area contributed by atoms with Crippen LogP contribution in [0, 0.1) is 5.82 Å². The molecule has 2 aliphatic rings. The summed E-state index contributed by atoms with van der Waals surface area (Å²) in [5, 5.41) is 0.957. The molecule has 0 radical (unpaired) electrons. The summed E-state index contributed by atoms with van der Waals surface area (Å²) in [6, 6.07) is 8.45. The molecule has 2 heterocycles. The van der Waals surface area contributed by atoms with Crippen molar-refractivity contribution >= 4 is 57.3 Å². The third-order valence-electron chi connectivity index (χ3n) is 7.21. The molecule has 1 aromatic heterocycles. The second-order valence-corrected chi connectivity index (χ2v) is 14.7. The Morgan fingerprint density at radius 3 is 2.54 bits per heavy atom. The quantitative estimate of drug-likeness (QED) is 0.348. The Labute approximate surface area is 239 Å². The van der Waals surface area contributed by atoms with Gasteiger partial charge in [0.25, 0.3) is 0 Å². The van der Waals surface area contributed by atoms with E-state index in [1.165, 1.54) is 21.0 Å². The second kappa shape index (κ2) is 12.2. The van der Waals surface area contributed by atoms with Crippen LogP contribution in [0.3, 0.4) is 0 Å². The van der Waals surface area contributed by atoms with Gasteiger partial charge in [-0.15, -0.1) is 0 Å². The molecular formula is C26H31AsClFN4O5S. The summed E-state index contributed by atoms with van der Waals surface area (Å²) in [7, 11) is -0.263. The van der Waals surface area contributed by atoms with Crippen molar-refractivity contribution in [2.45, 2.75) is 37.8 Å². The van der Waals surface area contributed by atoms with Gasteiger partial charge in [0.1, 0.15) is 0 Å². The van der Waals surface area contributed by atoms with Crippen molar-refractivity contribution in [3.8, 4) is 11.5 Å². The maximum atomic E-state index is 13.6. The number of rotatable bonds is 8. The van der Waals surface area contributed by atoms with E-state index >= 15 is 0 Å². The van der Waals surface area contributed by atoms with Crippen molar-refractivity contribution in [3.63, 3.8) is 0 Å². The van der Waals surface area contributed by atoms with Crippen molar-refractivity contribution in [2.75, 3.05) is 40.5 Å². The van der Waals surface area contributed by atoms with Gasteiger partial charge in [-0.05, 0) is 0 Å². The van der Waals surface area contributed by atoms with Crippen LogP contribution in [0.25, 0.3) is 10.9 Å². The van der Waals surface area contributed by atoms with E-state index in [-0.39, 0.29) is 17.2 Å². The number of morpholine rings is 1. The van der Waals surface area contributed by atoms with E-state index in [0.29, 0.717) is 50.6 Å². The molecule has 9 nitrogen and oxygen atoms in total. The van der Waals surface area contributed by atoms with Crippen molar-refractivity contribution in [1.29, 1.82) is 0 Å². The van der Waals surface area contributed by atoms with Crippen LogP contribution >= 0.6 is 11.6 Å². The SMILES string of the molecule is COc1cc2ncnc([AsH]c3ccc(F)c(Cl)c3)c2cc1O[C@H]1CC[C@@H](N(C)S(=O)(=O)N2CCOCC2)CC1. The molecule has 0 amide bonds.